The smallest absolute Gasteiger partial charge is 0.290 e. The van der Waals surface area contributed by atoms with Gasteiger partial charge in [0.25, 0.3) is 5.91 Å². The van der Waals surface area contributed by atoms with Crippen molar-refractivity contribution >= 4 is 23.3 Å². The van der Waals surface area contributed by atoms with Crippen molar-refractivity contribution in [1.82, 2.24) is 4.90 Å². The monoisotopic (exact) mass is 339 g/mol. The number of ether oxygens (including phenoxy) is 2. The van der Waals surface area contributed by atoms with Crippen LogP contribution in [0.4, 0.5) is 0 Å². The largest absolute Gasteiger partial charge is 0.503 e. The highest BCUT2D eigenvalue weighted by molar-refractivity contribution is 6.31. The van der Waals surface area contributed by atoms with E-state index in [4.69, 9.17) is 21.1 Å². The molecule has 0 fully saturated rings. The maximum atomic E-state index is 12.4. The SMILES string of the molecule is COC(CN1C(=O)C(O)=C(C(C)=O)[C@@H]1c1ccccc1Cl)OC. The van der Waals surface area contributed by atoms with Crippen LogP contribution < -0.4 is 0 Å². The van der Waals surface area contributed by atoms with E-state index in [1.165, 1.54) is 26.0 Å². The molecule has 0 radical (unpaired) electrons. The quantitative estimate of drug-likeness (QED) is 0.804. The van der Waals surface area contributed by atoms with Crippen molar-refractivity contribution in [3.8, 4) is 0 Å². The number of carbonyl (C=O) groups is 2. The third kappa shape index (κ3) is 3.24. The van der Waals surface area contributed by atoms with Gasteiger partial charge in [0.15, 0.2) is 17.8 Å². The van der Waals surface area contributed by atoms with Gasteiger partial charge in [-0.25, -0.2) is 0 Å². The molecule has 1 heterocycles. The maximum absolute atomic E-state index is 12.4. The molecular weight excluding hydrogens is 322 g/mol. The normalized spacial score (nSPS) is 18.2. The summed E-state index contributed by atoms with van der Waals surface area (Å²) >= 11 is 6.22. The van der Waals surface area contributed by atoms with Crippen molar-refractivity contribution in [3.63, 3.8) is 0 Å². The van der Waals surface area contributed by atoms with Crippen LogP contribution in [-0.4, -0.2) is 48.8 Å². The van der Waals surface area contributed by atoms with Gasteiger partial charge in [-0.3, -0.25) is 9.59 Å². The Bertz CT molecular complexity index is 654. The second kappa shape index (κ2) is 7.12. The van der Waals surface area contributed by atoms with Crippen molar-refractivity contribution in [2.45, 2.75) is 19.3 Å². The van der Waals surface area contributed by atoms with Gasteiger partial charge in [0.05, 0.1) is 18.2 Å². The summed E-state index contributed by atoms with van der Waals surface area (Å²) < 4.78 is 10.2. The first-order valence-corrected chi connectivity index (χ1v) is 7.35. The van der Waals surface area contributed by atoms with Gasteiger partial charge < -0.3 is 19.5 Å². The average molecular weight is 340 g/mol. The molecule has 0 spiro atoms. The van der Waals surface area contributed by atoms with Crippen LogP contribution in [0.25, 0.3) is 0 Å². The van der Waals surface area contributed by atoms with Crippen molar-refractivity contribution in [2.24, 2.45) is 0 Å². The van der Waals surface area contributed by atoms with Gasteiger partial charge in [0, 0.05) is 19.2 Å². The van der Waals surface area contributed by atoms with Crippen molar-refractivity contribution < 1.29 is 24.2 Å². The standard InChI is InChI=1S/C16H18ClNO5/c1-9(19)13-14(10-6-4-5-7-11(10)17)18(16(21)15(13)20)8-12(22-2)23-3/h4-7,12,14,20H,8H2,1-3H3/t14-/m0/s1. The fraction of sp³-hybridized carbons (Fsp3) is 0.375. The predicted molar refractivity (Wildman–Crippen MR) is 84.0 cm³/mol. The number of aliphatic hydroxyl groups is 1. The summed E-state index contributed by atoms with van der Waals surface area (Å²) in [5, 5.41) is 10.5. The van der Waals surface area contributed by atoms with E-state index in [-0.39, 0.29) is 12.1 Å². The lowest BCUT2D eigenvalue weighted by atomic mass is 9.96. The highest BCUT2D eigenvalue weighted by atomic mass is 35.5. The van der Waals surface area contributed by atoms with Gasteiger partial charge in [0.2, 0.25) is 0 Å². The van der Waals surface area contributed by atoms with Crippen LogP contribution in [0.3, 0.4) is 0 Å². The van der Waals surface area contributed by atoms with E-state index in [0.717, 1.165) is 0 Å². The van der Waals surface area contributed by atoms with Crippen molar-refractivity contribution in [2.75, 3.05) is 20.8 Å². The van der Waals surface area contributed by atoms with E-state index < -0.39 is 29.8 Å². The number of rotatable bonds is 6. The Morgan fingerprint density at radius 2 is 1.96 bits per heavy atom. The summed E-state index contributed by atoms with van der Waals surface area (Å²) in [4.78, 5) is 25.7. The molecule has 1 atom stereocenters. The van der Waals surface area contributed by atoms with E-state index in [0.29, 0.717) is 10.6 Å². The van der Waals surface area contributed by atoms with E-state index in [9.17, 15) is 14.7 Å². The topological polar surface area (TPSA) is 76.1 Å². The summed E-state index contributed by atoms with van der Waals surface area (Å²) in [7, 11) is 2.89. The van der Waals surface area contributed by atoms with E-state index in [2.05, 4.69) is 0 Å². The first-order chi connectivity index (χ1) is 10.9. The highest BCUT2D eigenvalue weighted by Gasteiger charge is 2.43. The first kappa shape index (κ1) is 17.5. The molecule has 1 N–H and O–H groups in total. The number of ketones is 1. The number of halogens is 1. The van der Waals surface area contributed by atoms with Gasteiger partial charge in [-0.1, -0.05) is 29.8 Å². The van der Waals surface area contributed by atoms with Crippen LogP contribution in [0.2, 0.25) is 5.02 Å². The predicted octanol–water partition coefficient (Wildman–Crippen LogP) is 2.24. The maximum Gasteiger partial charge on any atom is 0.290 e. The number of nitrogens with zero attached hydrogens (tertiary/aromatic N) is 1. The molecule has 0 aromatic heterocycles. The minimum atomic E-state index is -0.776. The number of methoxy groups -OCH3 is 2. The molecule has 23 heavy (non-hydrogen) atoms. The van der Waals surface area contributed by atoms with Crippen molar-refractivity contribution in [3.05, 3.63) is 46.2 Å². The number of benzene rings is 1. The van der Waals surface area contributed by atoms with Crippen LogP contribution >= 0.6 is 11.6 Å². The molecule has 1 aromatic rings. The fourth-order valence-corrected chi connectivity index (χ4v) is 2.87. The third-order valence-electron chi connectivity index (χ3n) is 3.75. The van der Waals surface area contributed by atoms with E-state index in [1.807, 2.05) is 0 Å². The minimum absolute atomic E-state index is 0.0223. The second-order valence-electron chi connectivity index (χ2n) is 5.10. The Hall–Kier alpha value is -1.89. The fourth-order valence-electron chi connectivity index (χ4n) is 2.63. The number of aliphatic hydroxyl groups excluding tert-OH is 1. The van der Waals surface area contributed by atoms with Gasteiger partial charge in [0.1, 0.15) is 0 Å². The van der Waals surface area contributed by atoms with Gasteiger partial charge in [-0.05, 0) is 18.6 Å². The Kier molecular flexibility index (Phi) is 5.41. The van der Waals surface area contributed by atoms with Crippen LogP contribution in [0.15, 0.2) is 35.6 Å². The lowest BCUT2D eigenvalue weighted by molar-refractivity contribution is -0.144. The van der Waals surface area contributed by atoms with Crippen LogP contribution in [0, 0.1) is 0 Å². The molecule has 1 aliphatic heterocycles. The molecule has 1 amide bonds. The molecule has 1 aliphatic rings. The molecule has 124 valence electrons. The molecule has 7 heteroatoms. The molecule has 0 saturated carbocycles. The van der Waals surface area contributed by atoms with E-state index in [1.54, 1.807) is 24.3 Å². The summed E-state index contributed by atoms with van der Waals surface area (Å²) in [5.74, 6) is -1.61. The highest BCUT2D eigenvalue weighted by Crippen LogP contribution is 2.40. The minimum Gasteiger partial charge on any atom is -0.503 e. The second-order valence-corrected chi connectivity index (χ2v) is 5.51. The third-order valence-corrected chi connectivity index (χ3v) is 4.10. The molecule has 0 aliphatic carbocycles. The lowest BCUT2D eigenvalue weighted by Crippen LogP contribution is -2.39. The Morgan fingerprint density at radius 3 is 2.48 bits per heavy atom. The molecule has 0 bridgehead atoms. The van der Waals surface area contributed by atoms with Gasteiger partial charge in [-0.2, -0.15) is 0 Å². The summed E-state index contributed by atoms with van der Waals surface area (Å²) in [5.41, 5.74) is 0.580. The number of Topliss-reactive ketones (excluding diaryl/α,β-unsaturated/α-hetero) is 1. The number of hydrogen-bond acceptors (Lipinski definition) is 5. The van der Waals surface area contributed by atoms with Crippen molar-refractivity contribution in [1.29, 1.82) is 0 Å². The Labute approximate surface area is 139 Å². The molecule has 1 aromatic carbocycles. The van der Waals surface area contributed by atoms with E-state index >= 15 is 0 Å². The Morgan fingerprint density at radius 1 is 1.35 bits per heavy atom. The zero-order valence-corrected chi connectivity index (χ0v) is 13.8. The zero-order chi connectivity index (χ0) is 17.1. The summed E-state index contributed by atoms with van der Waals surface area (Å²) in [6, 6.07) is 6.10. The Balaban J connectivity index is 2.51. The number of amides is 1. The molecule has 6 nitrogen and oxygen atoms in total. The number of carbonyl (C=O) groups excluding carboxylic acids is 2. The summed E-state index contributed by atoms with van der Waals surface area (Å²) in [6.45, 7) is 1.35. The molecular formula is C16H18ClNO5. The summed E-state index contributed by atoms with van der Waals surface area (Å²) in [6.07, 6.45) is -0.692. The van der Waals surface area contributed by atoms with Gasteiger partial charge >= 0.3 is 0 Å². The van der Waals surface area contributed by atoms with Crippen LogP contribution in [0.1, 0.15) is 18.5 Å². The average Bonchev–Trinajstić information content (AvgIpc) is 2.77. The van der Waals surface area contributed by atoms with Crippen LogP contribution in [-0.2, 0) is 19.1 Å². The zero-order valence-electron chi connectivity index (χ0n) is 13.1. The first-order valence-electron chi connectivity index (χ1n) is 6.97. The molecule has 2 rings (SSSR count). The van der Waals surface area contributed by atoms with Gasteiger partial charge in [-0.15, -0.1) is 0 Å². The lowest BCUT2D eigenvalue weighted by Gasteiger charge is -2.29. The number of hydrogen-bond donors (Lipinski definition) is 1. The molecule has 0 unspecified atom stereocenters. The van der Waals surface area contributed by atoms with Crippen LogP contribution in [0.5, 0.6) is 0 Å². The molecule has 0 saturated heterocycles.